The van der Waals surface area contributed by atoms with Gasteiger partial charge < -0.3 is 9.64 Å². The van der Waals surface area contributed by atoms with Crippen LogP contribution in [0.15, 0.2) is 20.7 Å². The van der Waals surface area contributed by atoms with Crippen LogP contribution in [0.2, 0.25) is 0 Å². The van der Waals surface area contributed by atoms with Gasteiger partial charge in [0.1, 0.15) is 0 Å². The van der Waals surface area contributed by atoms with Gasteiger partial charge in [0.25, 0.3) is 0 Å². The lowest BCUT2D eigenvalue weighted by Crippen LogP contribution is -2.40. The minimum Gasteiger partial charge on any atom is -0.378 e. The second-order valence-corrected chi connectivity index (χ2v) is 5.49. The van der Waals surface area contributed by atoms with Gasteiger partial charge in [0.2, 0.25) is 11.9 Å². The van der Waals surface area contributed by atoms with Gasteiger partial charge in [-0.25, -0.2) is 15.5 Å². The Morgan fingerprint density at radius 2 is 2.26 bits per heavy atom. The van der Waals surface area contributed by atoms with Crippen molar-refractivity contribution in [3.8, 4) is 0 Å². The molecule has 0 aliphatic carbocycles. The monoisotopic (exact) mass is 386 g/mol. The Balaban J connectivity index is 2.10. The van der Waals surface area contributed by atoms with Gasteiger partial charge in [-0.15, -0.1) is 0 Å². The van der Waals surface area contributed by atoms with Crippen molar-refractivity contribution in [3.05, 3.63) is 10.7 Å². The molecule has 4 N–H and O–H groups in total. The number of aliphatic imine (C=N–C) groups is 2. The van der Waals surface area contributed by atoms with E-state index in [-0.39, 0.29) is 12.5 Å². The highest BCUT2D eigenvalue weighted by atomic mass is 79.9. The van der Waals surface area contributed by atoms with Gasteiger partial charge in [0.15, 0.2) is 5.82 Å². The van der Waals surface area contributed by atoms with Crippen LogP contribution in [0.3, 0.4) is 0 Å². The summed E-state index contributed by atoms with van der Waals surface area (Å²) in [6.07, 6.45) is 1.63. The summed E-state index contributed by atoms with van der Waals surface area (Å²) in [5.41, 5.74) is 2.05. The molecular weight excluding hydrogens is 368 g/mol. The van der Waals surface area contributed by atoms with Gasteiger partial charge in [-0.05, 0) is 22.6 Å². The molecule has 1 aliphatic heterocycles. The van der Waals surface area contributed by atoms with E-state index >= 15 is 0 Å². The predicted octanol–water partition coefficient (Wildman–Crippen LogP) is -0.797. The van der Waals surface area contributed by atoms with Gasteiger partial charge in [-0.2, -0.15) is 10.1 Å². The minimum absolute atomic E-state index is 0.0766. The van der Waals surface area contributed by atoms with E-state index in [4.69, 9.17) is 10.6 Å². The highest BCUT2D eigenvalue weighted by Gasteiger charge is 2.16. The number of carbonyl (C=O) groups excluding carboxylic acids is 1. The number of halogens is 1. The van der Waals surface area contributed by atoms with Gasteiger partial charge >= 0.3 is 0 Å². The van der Waals surface area contributed by atoms with Crippen molar-refractivity contribution in [2.75, 3.05) is 32.8 Å². The van der Waals surface area contributed by atoms with Crippen molar-refractivity contribution >= 4 is 40.3 Å². The normalized spacial score (nSPS) is 15.6. The molecular formula is C12H19BrN8O2. The summed E-state index contributed by atoms with van der Waals surface area (Å²) >= 11 is 3.41. The zero-order chi connectivity index (χ0) is 16.7. The Morgan fingerprint density at radius 3 is 2.91 bits per heavy atom. The summed E-state index contributed by atoms with van der Waals surface area (Å²) in [4.78, 5) is 21.6. The fourth-order valence-corrected chi connectivity index (χ4v) is 2.36. The summed E-state index contributed by atoms with van der Waals surface area (Å²) in [5.74, 6) is 5.80. The van der Waals surface area contributed by atoms with Gasteiger partial charge in [-0.3, -0.25) is 15.5 Å². The van der Waals surface area contributed by atoms with Gasteiger partial charge in [0.05, 0.1) is 37.1 Å². The first kappa shape index (κ1) is 17.5. The molecule has 0 spiro atoms. The lowest BCUT2D eigenvalue weighted by molar-refractivity contribution is -0.120. The first-order valence-corrected chi connectivity index (χ1v) is 7.74. The summed E-state index contributed by atoms with van der Waals surface area (Å²) in [6.45, 7) is 6.63. The van der Waals surface area contributed by atoms with Crippen LogP contribution in [0.1, 0.15) is 0 Å². The van der Waals surface area contributed by atoms with Crippen molar-refractivity contribution in [1.29, 1.82) is 0 Å². The number of hydrazine groups is 1. The molecule has 11 heteroatoms. The fourth-order valence-electron chi connectivity index (χ4n) is 1.97. The number of carbonyl (C=O) groups is 1. The third kappa shape index (κ3) is 4.82. The average molecular weight is 387 g/mol. The van der Waals surface area contributed by atoms with Crippen molar-refractivity contribution in [2.45, 2.75) is 6.67 Å². The van der Waals surface area contributed by atoms with E-state index in [0.29, 0.717) is 44.7 Å². The molecule has 0 saturated carbocycles. The van der Waals surface area contributed by atoms with E-state index in [1.165, 1.54) is 0 Å². The average Bonchev–Trinajstić information content (AvgIpc) is 2.93. The minimum atomic E-state index is -0.317. The summed E-state index contributed by atoms with van der Waals surface area (Å²) in [7, 11) is 0. The van der Waals surface area contributed by atoms with Crippen molar-refractivity contribution in [2.24, 2.45) is 15.8 Å². The lowest BCUT2D eigenvalue weighted by Gasteiger charge is -2.27. The Hall–Kier alpha value is -1.82. The highest BCUT2D eigenvalue weighted by molar-refractivity contribution is 9.10. The molecule has 2 heterocycles. The van der Waals surface area contributed by atoms with Crippen LogP contribution >= 0.6 is 15.9 Å². The van der Waals surface area contributed by atoms with Crippen molar-refractivity contribution in [3.63, 3.8) is 0 Å². The summed E-state index contributed by atoms with van der Waals surface area (Å²) < 4.78 is 7.65. The summed E-state index contributed by atoms with van der Waals surface area (Å²) in [6, 6.07) is 0. The number of ether oxygens (including phenoxy) is 1. The van der Waals surface area contributed by atoms with Crippen LogP contribution in [0.25, 0.3) is 0 Å². The molecule has 1 fully saturated rings. The molecule has 0 bridgehead atoms. The number of hydrogen-bond acceptors (Lipinski definition) is 6. The second-order valence-electron chi connectivity index (χ2n) is 4.64. The van der Waals surface area contributed by atoms with Crippen LogP contribution in [-0.4, -0.2) is 66.1 Å². The van der Waals surface area contributed by atoms with Crippen LogP contribution in [0.4, 0.5) is 5.82 Å². The number of aromatic nitrogens is 2. The standard InChI is InChI=1S/C12H19BrN8O2/c1-15-12(20-2-4-23-5-3-20)18-11-9(13)6-17-21(11)8-16-7-10(22)19-14/h6,16H,1-5,7-8,14H2,(H,19,22)/b18-12+. The molecule has 1 amide bonds. The second kappa shape index (κ2) is 8.72. The zero-order valence-electron chi connectivity index (χ0n) is 12.5. The lowest BCUT2D eigenvalue weighted by atomic mass is 10.4. The van der Waals surface area contributed by atoms with Crippen LogP contribution in [-0.2, 0) is 16.2 Å². The molecule has 0 radical (unpaired) electrons. The van der Waals surface area contributed by atoms with E-state index in [0.717, 1.165) is 4.47 Å². The predicted molar refractivity (Wildman–Crippen MR) is 89.3 cm³/mol. The molecule has 2 rings (SSSR count). The SMILES string of the molecule is C=N/C(=N\c1c(Br)cnn1CNCC(=O)NN)N1CCOCC1. The maximum absolute atomic E-state index is 11.1. The first-order valence-electron chi connectivity index (χ1n) is 6.95. The van der Waals surface area contributed by atoms with Crippen molar-refractivity contribution < 1.29 is 9.53 Å². The number of morpholine rings is 1. The third-order valence-corrected chi connectivity index (χ3v) is 3.68. The molecule has 1 aromatic rings. The molecule has 0 aromatic carbocycles. The molecule has 10 nitrogen and oxygen atoms in total. The maximum Gasteiger partial charge on any atom is 0.247 e. The number of amides is 1. The van der Waals surface area contributed by atoms with E-state index in [9.17, 15) is 4.79 Å². The van der Waals surface area contributed by atoms with E-state index < -0.39 is 0 Å². The van der Waals surface area contributed by atoms with Gasteiger partial charge in [0, 0.05) is 13.1 Å². The number of guanidine groups is 1. The molecule has 1 aromatic heterocycles. The van der Waals surface area contributed by atoms with Crippen LogP contribution in [0, 0.1) is 0 Å². The summed E-state index contributed by atoms with van der Waals surface area (Å²) in [5, 5.41) is 7.12. The van der Waals surface area contributed by atoms with Crippen LogP contribution < -0.4 is 16.6 Å². The molecule has 23 heavy (non-hydrogen) atoms. The Morgan fingerprint density at radius 1 is 1.52 bits per heavy atom. The number of nitrogens with zero attached hydrogens (tertiary/aromatic N) is 5. The van der Waals surface area contributed by atoms with Crippen molar-refractivity contribution in [1.82, 2.24) is 25.4 Å². The number of hydrogen-bond donors (Lipinski definition) is 3. The quantitative estimate of drug-likeness (QED) is 0.200. The molecule has 126 valence electrons. The molecule has 0 atom stereocenters. The van der Waals surface area contributed by atoms with E-state index in [2.05, 4.69) is 43.0 Å². The maximum atomic E-state index is 11.1. The zero-order valence-corrected chi connectivity index (χ0v) is 14.1. The largest absolute Gasteiger partial charge is 0.378 e. The smallest absolute Gasteiger partial charge is 0.247 e. The van der Waals surface area contributed by atoms with E-state index in [1.807, 2.05) is 10.3 Å². The molecule has 1 saturated heterocycles. The number of nitrogens with two attached hydrogens (primary N) is 1. The molecule has 1 aliphatic rings. The number of nitrogens with one attached hydrogen (secondary N) is 2. The fraction of sp³-hybridized carbons (Fsp3) is 0.500. The van der Waals surface area contributed by atoms with Crippen LogP contribution in [0.5, 0.6) is 0 Å². The Labute approximate surface area is 141 Å². The Bertz CT molecular complexity index is 582. The molecule has 0 unspecified atom stereocenters. The third-order valence-electron chi connectivity index (χ3n) is 3.12. The number of rotatable bonds is 5. The first-order chi connectivity index (χ1) is 11.2. The topological polar surface area (TPSA) is 122 Å². The van der Waals surface area contributed by atoms with E-state index in [1.54, 1.807) is 10.9 Å². The Kier molecular flexibility index (Phi) is 6.65. The highest BCUT2D eigenvalue weighted by Crippen LogP contribution is 2.25. The van der Waals surface area contributed by atoms with Gasteiger partial charge in [-0.1, -0.05) is 0 Å².